The van der Waals surface area contributed by atoms with Crippen molar-refractivity contribution in [2.24, 2.45) is 0 Å². The molecule has 0 saturated carbocycles. The van der Waals surface area contributed by atoms with Gasteiger partial charge in [0, 0.05) is 23.3 Å². The SMILES string of the molecule is [2H]c1nc([2H])c(-c2nc(Br)c([2H])s2)c([2H])c1[2H]. The molecule has 0 saturated heterocycles. The Labute approximate surface area is 89.5 Å². The van der Waals surface area contributed by atoms with Gasteiger partial charge in [-0.25, -0.2) is 4.98 Å². The Balaban J connectivity index is 2.71. The smallest absolute Gasteiger partial charge is 0.126 e. The van der Waals surface area contributed by atoms with Crippen LogP contribution in [0.3, 0.4) is 0 Å². The Kier molecular flexibility index (Phi) is 1.10. The van der Waals surface area contributed by atoms with E-state index in [1.807, 2.05) is 0 Å². The van der Waals surface area contributed by atoms with Gasteiger partial charge in [-0.3, -0.25) is 4.98 Å². The number of halogens is 1. The second kappa shape index (κ2) is 3.33. The summed E-state index contributed by atoms with van der Waals surface area (Å²) in [6.45, 7) is 0. The Bertz CT molecular complexity index is 581. The lowest BCUT2D eigenvalue weighted by atomic mass is 10.3. The fourth-order valence-corrected chi connectivity index (χ4v) is 1.76. The maximum absolute atomic E-state index is 7.72. The first kappa shape index (κ1) is 3.98. The molecule has 0 radical (unpaired) electrons. The van der Waals surface area contributed by atoms with Gasteiger partial charge in [-0.05, 0) is 28.0 Å². The molecule has 0 atom stereocenters. The van der Waals surface area contributed by atoms with Gasteiger partial charge in [0.05, 0.1) is 6.85 Å². The lowest BCUT2D eigenvalue weighted by Crippen LogP contribution is -1.76. The zero-order chi connectivity index (χ0) is 12.7. The average Bonchev–Trinajstić information content (AvgIpc) is 2.56. The maximum Gasteiger partial charge on any atom is 0.126 e. The largest absolute Gasteiger partial charge is 0.264 e. The van der Waals surface area contributed by atoms with Gasteiger partial charge < -0.3 is 0 Å². The van der Waals surface area contributed by atoms with E-state index in [2.05, 4.69) is 25.9 Å². The van der Waals surface area contributed by atoms with Crippen LogP contribution in [-0.4, -0.2) is 9.97 Å². The van der Waals surface area contributed by atoms with Crippen LogP contribution in [0.15, 0.2) is 34.4 Å². The summed E-state index contributed by atoms with van der Waals surface area (Å²) in [6.07, 6.45) is -0.664. The molecule has 2 aromatic heterocycles. The number of pyridine rings is 1. The van der Waals surface area contributed by atoms with E-state index < -0.39 is 6.17 Å². The molecule has 4 heteroatoms. The number of rotatable bonds is 1. The van der Waals surface area contributed by atoms with E-state index in [1.54, 1.807) is 0 Å². The van der Waals surface area contributed by atoms with Crippen LogP contribution in [0.5, 0.6) is 0 Å². The summed E-state index contributed by atoms with van der Waals surface area (Å²) in [5.41, 5.74) is 0.0928. The third-order valence-electron chi connectivity index (χ3n) is 1.11. The third-order valence-corrected chi connectivity index (χ3v) is 2.53. The van der Waals surface area contributed by atoms with Crippen LogP contribution in [0.2, 0.25) is 0 Å². The monoisotopic (exact) mass is 245 g/mol. The standard InChI is InChI=1S/C8H5BrN2S/c9-7-5-12-8(11-7)6-2-1-3-10-4-6/h1-5H/i1D,2D,3D,4D,5D. The van der Waals surface area contributed by atoms with Crippen molar-refractivity contribution in [1.29, 1.82) is 0 Å². The predicted molar refractivity (Wildman–Crippen MR) is 53.0 cm³/mol. The van der Waals surface area contributed by atoms with Crippen molar-refractivity contribution in [3.8, 4) is 10.6 Å². The van der Waals surface area contributed by atoms with Crippen molar-refractivity contribution >= 4 is 27.3 Å². The maximum atomic E-state index is 7.72. The molecule has 0 spiro atoms. The number of hydrogen-bond acceptors (Lipinski definition) is 3. The highest BCUT2D eigenvalue weighted by molar-refractivity contribution is 9.10. The van der Waals surface area contributed by atoms with Crippen molar-refractivity contribution in [1.82, 2.24) is 9.97 Å². The highest BCUT2D eigenvalue weighted by Crippen LogP contribution is 2.24. The Morgan fingerprint density at radius 1 is 1.58 bits per heavy atom. The molecule has 0 unspecified atom stereocenters. The first-order valence-electron chi connectivity index (χ1n) is 5.49. The number of thiazole rings is 1. The molecule has 0 aliphatic heterocycles. The van der Waals surface area contributed by atoms with Gasteiger partial charge in [-0.1, -0.05) is 0 Å². The van der Waals surface area contributed by atoms with E-state index in [9.17, 15) is 0 Å². The molecule has 2 aromatic rings. The highest BCUT2D eigenvalue weighted by atomic mass is 79.9. The summed E-state index contributed by atoms with van der Waals surface area (Å²) < 4.78 is 38.0. The molecule has 2 heterocycles. The van der Waals surface area contributed by atoms with Gasteiger partial charge in [0.15, 0.2) is 0 Å². The Hall–Kier alpha value is -0.740. The minimum atomic E-state index is -0.398. The number of nitrogens with zero attached hydrogens (tertiary/aromatic N) is 2. The van der Waals surface area contributed by atoms with Gasteiger partial charge in [0.25, 0.3) is 0 Å². The van der Waals surface area contributed by atoms with Gasteiger partial charge in [0.2, 0.25) is 0 Å². The molecule has 0 aromatic carbocycles. The molecule has 2 rings (SSSR count). The Morgan fingerprint density at radius 3 is 3.25 bits per heavy atom. The van der Waals surface area contributed by atoms with Crippen LogP contribution in [-0.2, 0) is 0 Å². The summed E-state index contributed by atoms with van der Waals surface area (Å²) in [4.78, 5) is 7.56. The van der Waals surface area contributed by atoms with Gasteiger partial charge in [-0.15, -0.1) is 11.3 Å². The lowest BCUT2D eigenvalue weighted by molar-refractivity contribution is 1.30. The Morgan fingerprint density at radius 2 is 2.50 bits per heavy atom. The molecule has 0 amide bonds. The summed E-state index contributed by atoms with van der Waals surface area (Å²) in [7, 11) is 0. The van der Waals surface area contributed by atoms with E-state index in [4.69, 9.17) is 6.85 Å². The van der Waals surface area contributed by atoms with Gasteiger partial charge in [0.1, 0.15) is 9.61 Å². The normalized spacial score (nSPS) is 15.9. The average molecular weight is 246 g/mol. The second-order valence-corrected chi connectivity index (χ2v) is 3.42. The lowest BCUT2D eigenvalue weighted by Gasteiger charge is -1.91. The van der Waals surface area contributed by atoms with Crippen LogP contribution in [0.4, 0.5) is 0 Å². The van der Waals surface area contributed by atoms with E-state index in [-0.39, 0.29) is 34.2 Å². The van der Waals surface area contributed by atoms with Crippen molar-refractivity contribution in [3.05, 3.63) is 34.4 Å². The predicted octanol–water partition coefficient (Wildman–Crippen LogP) is 2.97. The van der Waals surface area contributed by atoms with E-state index in [0.717, 1.165) is 11.3 Å². The zero-order valence-electron chi connectivity index (χ0n) is 10.7. The molecule has 0 aliphatic rings. The minimum absolute atomic E-state index is 0.0928. The summed E-state index contributed by atoms with van der Waals surface area (Å²) in [5.74, 6) is 0. The molecule has 12 heavy (non-hydrogen) atoms. The topological polar surface area (TPSA) is 25.8 Å². The molecule has 60 valence electrons. The fourth-order valence-electron chi connectivity index (χ4n) is 0.664. The molecule has 0 aliphatic carbocycles. The fraction of sp³-hybridized carbons (Fsp3) is 0. The second-order valence-electron chi connectivity index (χ2n) is 1.87. The van der Waals surface area contributed by atoms with E-state index >= 15 is 0 Å². The van der Waals surface area contributed by atoms with E-state index in [0.29, 0.717) is 4.60 Å². The molecular formula is C8H5BrN2S. The van der Waals surface area contributed by atoms with Crippen LogP contribution < -0.4 is 0 Å². The van der Waals surface area contributed by atoms with Crippen LogP contribution in [0.1, 0.15) is 6.85 Å². The van der Waals surface area contributed by atoms with Crippen LogP contribution in [0.25, 0.3) is 10.6 Å². The molecular weight excluding hydrogens is 236 g/mol. The highest BCUT2D eigenvalue weighted by Gasteiger charge is 2.01. The van der Waals surface area contributed by atoms with Crippen LogP contribution >= 0.6 is 27.3 Å². The number of hydrogen-bond donors (Lipinski definition) is 0. The number of aromatic nitrogens is 2. The summed E-state index contributed by atoms with van der Waals surface area (Å²) in [5, 5.41) is 0.471. The van der Waals surface area contributed by atoms with Gasteiger partial charge in [-0.2, -0.15) is 0 Å². The van der Waals surface area contributed by atoms with E-state index in [1.165, 1.54) is 0 Å². The van der Waals surface area contributed by atoms with Crippen molar-refractivity contribution in [2.45, 2.75) is 0 Å². The van der Waals surface area contributed by atoms with Crippen molar-refractivity contribution in [3.63, 3.8) is 0 Å². The summed E-state index contributed by atoms with van der Waals surface area (Å²) in [6, 6.07) is -0.592. The molecule has 0 bridgehead atoms. The zero-order valence-corrected chi connectivity index (χ0v) is 8.08. The first-order valence-corrected chi connectivity index (χ1v) is 4.60. The molecule has 0 N–H and O–H groups in total. The molecule has 0 fully saturated rings. The van der Waals surface area contributed by atoms with Gasteiger partial charge >= 0.3 is 0 Å². The van der Waals surface area contributed by atoms with Crippen molar-refractivity contribution in [2.75, 3.05) is 0 Å². The molecule has 2 nitrogen and oxygen atoms in total. The van der Waals surface area contributed by atoms with Crippen LogP contribution in [0, 0.1) is 0 Å². The van der Waals surface area contributed by atoms with Crippen molar-refractivity contribution < 1.29 is 6.85 Å². The summed E-state index contributed by atoms with van der Waals surface area (Å²) >= 11 is 4.07. The quantitative estimate of drug-likeness (QED) is 0.773. The first-order chi connectivity index (χ1) is 7.91. The minimum Gasteiger partial charge on any atom is -0.264 e. The third kappa shape index (κ3) is 1.54.